The highest BCUT2D eigenvalue weighted by molar-refractivity contribution is 9.10. The number of thiophene rings is 1. The van der Waals surface area contributed by atoms with E-state index < -0.39 is 0 Å². The molecule has 1 saturated heterocycles. The van der Waals surface area contributed by atoms with Crippen LogP contribution in [0.3, 0.4) is 0 Å². The maximum Gasteiger partial charge on any atom is 0.270 e. The van der Waals surface area contributed by atoms with Gasteiger partial charge in [-0.25, -0.2) is 4.98 Å². The predicted molar refractivity (Wildman–Crippen MR) is 116 cm³/mol. The van der Waals surface area contributed by atoms with Crippen LogP contribution in [0.15, 0.2) is 58.1 Å². The number of carbonyl (C=O) groups is 1. The van der Waals surface area contributed by atoms with Gasteiger partial charge in [-0.05, 0) is 48.6 Å². The number of hydrogen-bond acceptors (Lipinski definition) is 5. The van der Waals surface area contributed by atoms with Gasteiger partial charge in [-0.3, -0.25) is 10.2 Å². The standard InChI is InChI=1S/C21H19BrN4OS/c22-14-3-4-17-15(10-14)16(11-18(23-17)20-2-1-9-28-20)21(27)25-24-19-12-26-7-5-13(19)6-8-26/h1-4,9-13,24H,5-8H2,(H,25,27). The molecule has 5 nitrogen and oxygen atoms in total. The van der Waals surface area contributed by atoms with Crippen LogP contribution in [0.2, 0.25) is 0 Å². The number of halogens is 1. The van der Waals surface area contributed by atoms with Crippen molar-refractivity contribution in [2.24, 2.45) is 5.92 Å². The SMILES string of the molecule is O=C(NNC1=CN2CCC1CC2)c1cc(-c2cccs2)nc2ccc(Br)cc12. The number of nitrogens with one attached hydrogen (secondary N) is 2. The van der Waals surface area contributed by atoms with Crippen molar-refractivity contribution in [1.82, 2.24) is 20.7 Å². The van der Waals surface area contributed by atoms with Gasteiger partial charge in [0.15, 0.2) is 0 Å². The lowest BCUT2D eigenvalue weighted by atomic mass is 9.90. The summed E-state index contributed by atoms with van der Waals surface area (Å²) < 4.78 is 0.924. The molecule has 2 N–H and O–H groups in total. The summed E-state index contributed by atoms with van der Waals surface area (Å²) in [5.74, 6) is 0.357. The molecule has 2 bridgehead atoms. The highest BCUT2D eigenvalue weighted by Crippen LogP contribution is 2.30. The number of carbonyl (C=O) groups excluding carboxylic acids is 1. The van der Waals surface area contributed by atoms with Crippen LogP contribution in [0.1, 0.15) is 23.2 Å². The fourth-order valence-corrected chi connectivity index (χ4v) is 4.96. The van der Waals surface area contributed by atoms with E-state index in [-0.39, 0.29) is 5.91 Å². The van der Waals surface area contributed by atoms with Crippen LogP contribution in [0, 0.1) is 5.92 Å². The molecule has 3 aromatic rings. The minimum Gasteiger partial charge on any atom is -0.376 e. The Kier molecular flexibility index (Phi) is 4.56. The van der Waals surface area contributed by atoms with Crippen molar-refractivity contribution in [2.45, 2.75) is 12.8 Å². The molecule has 2 aromatic heterocycles. The summed E-state index contributed by atoms with van der Waals surface area (Å²) in [4.78, 5) is 21.2. The molecule has 1 fully saturated rings. The van der Waals surface area contributed by atoms with Crippen LogP contribution in [-0.2, 0) is 0 Å². The van der Waals surface area contributed by atoms with Crippen molar-refractivity contribution in [3.63, 3.8) is 0 Å². The molecule has 7 heteroatoms. The number of hydrazine groups is 1. The van der Waals surface area contributed by atoms with Crippen molar-refractivity contribution >= 4 is 44.1 Å². The van der Waals surface area contributed by atoms with Crippen molar-refractivity contribution in [3.05, 3.63) is 63.7 Å². The number of amides is 1. The summed E-state index contributed by atoms with van der Waals surface area (Å²) in [6.45, 7) is 2.22. The number of benzene rings is 1. The second-order valence-electron chi connectivity index (χ2n) is 7.17. The molecule has 1 aromatic carbocycles. The first-order chi connectivity index (χ1) is 13.7. The van der Waals surface area contributed by atoms with Crippen LogP contribution >= 0.6 is 27.3 Å². The Hall–Kier alpha value is -2.38. The molecule has 0 spiro atoms. The highest BCUT2D eigenvalue weighted by atomic mass is 79.9. The zero-order valence-corrected chi connectivity index (χ0v) is 17.5. The summed E-state index contributed by atoms with van der Waals surface area (Å²) in [7, 11) is 0. The Bertz CT molecular complexity index is 1070. The van der Waals surface area contributed by atoms with E-state index >= 15 is 0 Å². The zero-order valence-electron chi connectivity index (χ0n) is 15.1. The van der Waals surface area contributed by atoms with Gasteiger partial charge in [0.2, 0.25) is 0 Å². The second kappa shape index (κ2) is 7.22. The molecule has 5 heterocycles. The van der Waals surface area contributed by atoms with Gasteiger partial charge in [-0.15, -0.1) is 11.3 Å². The topological polar surface area (TPSA) is 57.3 Å². The fraction of sp³-hybridized carbons (Fsp3) is 0.238. The summed E-state index contributed by atoms with van der Waals surface area (Å²) in [6, 6.07) is 11.7. The summed E-state index contributed by atoms with van der Waals surface area (Å²) in [5, 5.41) is 2.85. The Morgan fingerprint density at radius 3 is 2.79 bits per heavy atom. The van der Waals surface area contributed by atoms with Gasteiger partial charge in [0.05, 0.1) is 27.3 Å². The average Bonchev–Trinajstić information content (AvgIpc) is 3.27. The van der Waals surface area contributed by atoms with E-state index in [4.69, 9.17) is 4.98 Å². The smallest absolute Gasteiger partial charge is 0.270 e. The molecule has 3 aliphatic rings. The molecule has 3 aliphatic heterocycles. The van der Waals surface area contributed by atoms with Gasteiger partial charge >= 0.3 is 0 Å². The summed E-state index contributed by atoms with van der Waals surface area (Å²) >= 11 is 5.13. The van der Waals surface area contributed by atoms with E-state index in [1.807, 2.05) is 41.8 Å². The number of aromatic nitrogens is 1. The number of hydrogen-bond donors (Lipinski definition) is 2. The van der Waals surface area contributed by atoms with E-state index in [2.05, 4.69) is 37.9 Å². The third-order valence-corrected chi connectivity index (χ3v) is 6.79. The van der Waals surface area contributed by atoms with Gasteiger partial charge in [0.1, 0.15) is 0 Å². The van der Waals surface area contributed by atoms with Gasteiger partial charge in [0.25, 0.3) is 5.91 Å². The minimum atomic E-state index is -0.152. The third-order valence-electron chi connectivity index (χ3n) is 5.40. The molecule has 0 aliphatic carbocycles. The first kappa shape index (κ1) is 17.7. The van der Waals surface area contributed by atoms with Crippen LogP contribution in [0.25, 0.3) is 21.5 Å². The fourth-order valence-electron chi connectivity index (χ4n) is 3.91. The maximum absolute atomic E-state index is 13.1. The first-order valence-electron chi connectivity index (χ1n) is 9.34. The monoisotopic (exact) mass is 454 g/mol. The number of fused-ring (bicyclic) bond motifs is 3. The van der Waals surface area contributed by atoms with E-state index in [1.54, 1.807) is 11.3 Å². The molecule has 142 valence electrons. The lowest BCUT2D eigenvalue weighted by molar-refractivity contribution is 0.0933. The highest BCUT2D eigenvalue weighted by Gasteiger charge is 2.27. The van der Waals surface area contributed by atoms with Crippen molar-refractivity contribution in [2.75, 3.05) is 13.1 Å². The summed E-state index contributed by atoms with van der Waals surface area (Å²) in [6.07, 6.45) is 4.42. The average molecular weight is 455 g/mol. The molecule has 28 heavy (non-hydrogen) atoms. The Labute approximate surface area is 175 Å². The van der Waals surface area contributed by atoms with Crippen molar-refractivity contribution in [1.29, 1.82) is 0 Å². The van der Waals surface area contributed by atoms with E-state index in [1.165, 1.54) is 0 Å². The molecular weight excluding hydrogens is 436 g/mol. The van der Waals surface area contributed by atoms with Crippen LogP contribution in [0.5, 0.6) is 0 Å². The lowest BCUT2D eigenvalue weighted by Gasteiger charge is -2.39. The van der Waals surface area contributed by atoms with E-state index in [0.29, 0.717) is 11.5 Å². The largest absolute Gasteiger partial charge is 0.376 e. The first-order valence-corrected chi connectivity index (χ1v) is 11.0. The maximum atomic E-state index is 13.1. The van der Waals surface area contributed by atoms with Crippen LogP contribution in [-0.4, -0.2) is 28.9 Å². The molecule has 0 unspecified atom stereocenters. The number of pyridine rings is 1. The normalized spacial score (nSPS) is 16.3. The minimum absolute atomic E-state index is 0.152. The number of rotatable bonds is 4. The van der Waals surface area contributed by atoms with Gasteiger partial charge in [-0.2, -0.15) is 0 Å². The zero-order chi connectivity index (χ0) is 19.1. The van der Waals surface area contributed by atoms with Crippen LogP contribution in [0.4, 0.5) is 0 Å². The quantitative estimate of drug-likeness (QED) is 0.568. The van der Waals surface area contributed by atoms with Crippen LogP contribution < -0.4 is 10.9 Å². The van der Waals surface area contributed by atoms with Crippen molar-refractivity contribution < 1.29 is 4.79 Å². The molecule has 0 radical (unpaired) electrons. The molecule has 0 saturated carbocycles. The van der Waals surface area contributed by atoms with Gasteiger partial charge < -0.3 is 10.3 Å². The van der Waals surface area contributed by atoms with Gasteiger partial charge in [0, 0.05) is 35.1 Å². The van der Waals surface area contributed by atoms with Crippen molar-refractivity contribution in [3.8, 4) is 10.6 Å². The van der Waals surface area contributed by atoms with E-state index in [9.17, 15) is 4.79 Å². The van der Waals surface area contributed by atoms with Gasteiger partial charge in [-0.1, -0.05) is 22.0 Å². The Morgan fingerprint density at radius 1 is 1.21 bits per heavy atom. The Balaban J connectivity index is 1.48. The second-order valence-corrected chi connectivity index (χ2v) is 9.03. The number of nitrogens with zero attached hydrogens (tertiary/aromatic N) is 2. The molecule has 6 rings (SSSR count). The lowest BCUT2D eigenvalue weighted by Crippen LogP contribution is -2.45. The molecular formula is C21H19BrN4OS. The predicted octanol–water partition coefficient (Wildman–Crippen LogP) is 4.53. The van der Waals surface area contributed by atoms with E-state index in [0.717, 1.165) is 57.6 Å². The number of allylic oxidation sites excluding steroid dienone is 1. The summed E-state index contributed by atoms with van der Waals surface area (Å²) in [5.41, 5.74) is 9.43. The Morgan fingerprint density at radius 2 is 2.07 bits per heavy atom. The molecule has 0 atom stereocenters. The molecule has 1 amide bonds. The number of piperidine rings is 1. The third kappa shape index (κ3) is 3.29.